The number of anilines is 1. The minimum Gasteiger partial charge on any atom is -0.325 e. The average Bonchev–Trinajstić information content (AvgIpc) is 3.33. The van der Waals surface area contributed by atoms with Gasteiger partial charge in [-0.1, -0.05) is 54.6 Å². The lowest BCUT2D eigenvalue weighted by Crippen LogP contribution is -2.15. The van der Waals surface area contributed by atoms with Gasteiger partial charge in [0, 0.05) is 38.3 Å². The van der Waals surface area contributed by atoms with Gasteiger partial charge in [0.05, 0.1) is 5.75 Å². The van der Waals surface area contributed by atoms with Crippen LogP contribution in [0.5, 0.6) is 0 Å². The Hall–Kier alpha value is -2.35. The third-order valence-electron chi connectivity index (χ3n) is 4.69. The van der Waals surface area contributed by atoms with Crippen molar-refractivity contribution < 1.29 is 4.79 Å². The molecule has 0 spiro atoms. The van der Waals surface area contributed by atoms with Crippen molar-refractivity contribution in [1.82, 2.24) is 14.8 Å². The van der Waals surface area contributed by atoms with E-state index >= 15 is 0 Å². The number of nitrogens with zero attached hydrogens (tertiary/aromatic N) is 3. The van der Waals surface area contributed by atoms with Crippen LogP contribution in [0.4, 0.5) is 5.69 Å². The van der Waals surface area contributed by atoms with E-state index in [1.807, 2.05) is 31.2 Å². The fourth-order valence-corrected chi connectivity index (χ4v) is 5.09. The summed E-state index contributed by atoms with van der Waals surface area (Å²) in [5, 5.41) is 16.4. The Kier molecular flexibility index (Phi) is 6.41. The van der Waals surface area contributed by atoms with E-state index in [2.05, 4.69) is 44.5 Å². The van der Waals surface area contributed by atoms with E-state index in [0.29, 0.717) is 5.02 Å². The molecule has 154 valence electrons. The highest BCUT2D eigenvalue weighted by atomic mass is 35.5. The maximum Gasteiger partial charge on any atom is 0.234 e. The number of thiophene rings is 1. The number of benzene rings is 2. The van der Waals surface area contributed by atoms with Crippen LogP contribution in [-0.2, 0) is 11.3 Å². The largest absolute Gasteiger partial charge is 0.325 e. The molecule has 0 saturated heterocycles. The number of fused-ring (bicyclic) bond motifs is 1. The molecule has 2 aromatic carbocycles. The van der Waals surface area contributed by atoms with Gasteiger partial charge < -0.3 is 9.88 Å². The zero-order valence-corrected chi connectivity index (χ0v) is 19.1. The SMILES string of the molecule is CCCn1c(SCC(=O)Nc2cc(Cl)ccc2C)nnc1-c1csc2ccccc12. The molecule has 0 bridgehead atoms. The van der Waals surface area contributed by atoms with Crippen LogP contribution in [0.15, 0.2) is 53.0 Å². The van der Waals surface area contributed by atoms with Gasteiger partial charge >= 0.3 is 0 Å². The van der Waals surface area contributed by atoms with Gasteiger partial charge in [-0.2, -0.15) is 0 Å². The van der Waals surface area contributed by atoms with Crippen molar-refractivity contribution in [2.45, 2.75) is 32.0 Å². The first-order valence-corrected chi connectivity index (χ1v) is 11.9. The fourth-order valence-electron chi connectivity index (χ4n) is 3.22. The Balaban J connectivity index is 1.53. The first-order chi connectivity index (χ1) is 14.6. The van der Waals surface area contributed by atoms with Gasteiger partial charge in [0.15, 0.2) is 11.0 Å². The van der Waals surface area contributed by atoms with Crippen LogP contribution in [-0.4, -0.2) is 26.4 Å². The number of hydrogen-bond donors (Lipinski definition) is 1. The van der Waals surface area contributed by atoms with Crippen LogP contribution in [0.2, 0.25) is 5.02 Å². The molecular formula is C22H21ClN4OS2. The summed E-state index contributed by atoms with van der Waals surface area (Å²) in [4.78, 5) is 12.5. The number of thioether (sulfide) groups is 1. The number of rotatable bonds is 7. The minimum atomic E-state index is -0.0982. The van der Waals surface area contributed by atoms with Gasteiger partial charge in [-0.15, -0.1) is 21.5 Å². The minimum absolute atomic E-state index is 0.0982. The molecule has 0 unspecified atom stereocenters. The van der Waals surface area contributed by atoms with Crippen molar-refractivity contribution in [3.63, 3.8) is 0 Å². The average molecular weight is 457 g/mol. The molecule has 4 aromatic rings. The molecule has 0 aliphatic carbocycles. The summed E-state index contributed by atoms with van der Waals surface area (Å²) in [5.74, 6) is 1.000. The van der Waals surface area contributed by atoms with E-state index in [-0.39, 0.29) is 11.7 Å². The predicted molar refractivity (Wildman–Crippen MR) is 127 cm³/mol. The molecule has 0 saturated carbocycles. The number of hydrogen-bond acceptors (Lipinski definition) is 5. The summed E-state index contributed by atoms with van der Waals surface area (Å²) in [6.45, 7) is 4.86. The van der Waals surface area contributed by atoms with E-state index in [0.717, 1.165) is 40.8 Å². The van der Waals surface area contributed by atoms with Crippen molar-refractivity contribution in [2.24, 2.45) is 0 Å². The van der Waals surface area contributed by atoms with Gasteiger partial charge in [-0.05, 0) is 37.1 Å². The topological polar surface area (TPSA) is 59.8 Å². The number of nitrogens with one attached hydrogen (secondary N) is 1. The van der Waals surface area contributed by atoms with Crippen LogP contribution in [0.1, 0.15) is 18.9 Å². The molecule has 0 fully saturated rings. The first-order valence-electron chi connectivity index (χ1n) is 9.65. The van der Waals surface area contributed by atoms with Crippen molar-refractivity contribution in [1.29, 1.82) is 0 Å². The summed E-state index contributed by atoms with van der Waals surface area (Å²) >= 11 is 9.14. The molecule has 5 nitrogen and oxygen atoms in total. The van der Waals surface area contributed by atoms with Crippen LogP contribution in [0, 0.1) is 6.92 Å². The molecule has 2 aromatic heterocycles. The van der Waals surface area contributed by atoms with E-state index in [1.165, 1.54) is 21.8 Å². The summed E-state index contributed by atoms with van der Waals surface area (Å²) < 4.78 is 3.33. The zero-order valence-electron chi connectivity index (χ0n) is 16.7. The fraction of sp³-hybridized carbons (Fsp3) is 0.227. The summed E-state index contributed by atoms with van der Waals surface area (Å²) in [5.41, 5.74) is 2.79. The lowest BCUT2D eigenvalue weighted by Gasteiger charge is -2.10. The highest BCUT2D eigenvalue weighted by Crippen LogP contribution is 2.34. The standard InChI is InChI=1S/C22H21ClN4OS2/c1-3-10-27-21(17-12-29-19-7-5-4-6-16(17)19)25-26-22(27)30-13-20(28)24-18-11-15(23)9-8-14(18)2/h4-9,11-12H,3,10,13H2,1-2H3,(H,24,28). The number of carbonyl (C=O) groups excluding carboxylic acids is 1. The maximum absolute atomic E-state index is 12.5. The molecule has 0 radical (unpaired) electrons. The quantitative estimate of drug-likeness (QED) is 0.333. The van der Waals surface area contributed by atoms with Crippen molar-refractivity contribution in [2.75, 3.05) is 11.1 Å². The molecule has 1 amide bonds. The molecule has 0 atom stereocenters. The van der Waals surface area contributed by atoms with E-state index in [4.69, 9.17) is 11.6 Å². The first kappa shape index (κ1) is 20.9. The summed E-state index contributed by atoms with van der Waals surface area (Å²) in [6, 6.07) is 13.8. The molecule has 1 N–H and O–H groups in total. The van der Waals surface area contributed by atoms with Gasteiger partial charge in [0.25, 0.3) is 0 Å². The van der Waals surface area contributed by atoms with Crippen LogP contribution < -0.4 is 5.32 Å². The zero-order chi connectivity index (χ0) is 21.1. The van der Waals surface area contributed by atoms with Gasteiger partial charge in [-0.25, -0.2) is 0 Å². The number of carbonyl (C=O) groups is 1. The van der Waals surface area contributed by atoms with Crippen molar-refractivity contribution in [3.05, 3.63) is 58.4 Å². The van der Waals surface area contributed by atoms with E-state index in [9.17, 15) is 4.79 Å². The third-order valence-corrected chi connectivity index (χ3v) is 6.86. The highest BCUT2D eigenvalue weighted by molar-refractivity contribution is 7.99. The Morgan fingerprint density at radius 3 is 2.90 bits per heavy atom. The monoisotopic (exact) mass is 456 g/mol. The lowest BCUT2D eigenvalue weighted by atomic mass is 10.1. The molecule has 2 heterocycles. The predicted octanol–water partition coefficient (Wildman–Crippen LogP) is 6.26. The van der Waals surface area contributed by atoms with Gasteiger partial charge in [0.2, 0.25) is 5.91 Å². The van der Waals surface area contributed by atoms with Crippen LogP contribution in [0.25, 0.3) is 21.5 Å². The number of aryl methyl sites for hydroxylation is 1. The smallest absolute Gasteiger partial charge is 0.234 e. The highest BCUT2D eigenvalue weighted by Gasteiger charge is 2.18. The summed E-state index contributed by atoms with van der Waals surface area (Å²) in [7, 11) is 0. The lowest BCUT2D eigenvalue weighted by molar-refractivity contribution is -0.113. The van der Waals surface area contributed by atoms with Crippen LogP contribution >= 0.6 is 34.7 Å². The molecule has 0 aliphatic heterocycles. The molecule has 4 rings (SSSR count). The van der Waals surface area contributed by atoms with Crippen molar-refractivity contribution >= 4 is 56.4 Å². The maximum atomic E-state index is 12.5. The van der Waals surface area contributed by atoms with Gasteiger partial charge in [0.1, 0.15) is 0 Å². The number of amides is 1. The van der Waals surface area contributed by atoms with E-state index in [1.54, 1.807) is 17.4 Å². The molecule has 30 heavy (non-hydrogen) atoms. The Morgan fingerprint density at radius 1 is 1.23 bits per heavy atom. The Labute approximate surface area is 188 Å². The van der Waals surface area contributed by atoms with Gasteiger partial charge in [-0.3, -0.25) is 4.79 Å². The summed E-state index contributed by atoms with van der Waals surface area (Å²) in [6.07, 6.45) is 0.953. The number of aromatic nitrogens is 3. The second-order valence-electron chi connectivity index (χ2n) is 6.90. The Bertz CT molecular complexity index is 1200. The van der Waals surface area contributed by atoms with Crippen molar-refractivity contribution in [3.8, 4) is 11.4 Å². The third kappa shape index (κ3) is 4.38. The second-order valence-corrected chi connectivity index (χ2v) is 9.19. The Morgan fingerprint density at radius 2 is 2.07 bits per heavy atom. The number of halogens is 1. The second kappa shape index (κ2) is 9.20. The normalized spacial score (nSPS) is 11.2. The molecule has 0 aliphatic rings. The molecular weight excluding hydrogens is 436 g/mol. The van der Waals surface area contributed by atoms with E-state index < -0.39 is 0 Å². The van der Waals surface area contributed by atoms with Crippen LogP contribution in [0.3, 0.4) is 0 Å². The molecule has 8 heteroatoms.